The minimum Gasteiger partial charge on any atom is -0.0683 e. The second-order valence-corrected chi connectivity index (χ2v) is 8.10. The summed E-state index contributed by atoms with van der Waals surface area (Å²) in [5, 5.41) is 0. The van der Waals surface area contributed by atoms with Crippen molar-refractivity contribution in [1.29, 1.82) is 0 Å². The van der Waals surface area contributed by atoms with Crippen molar-refractivity contribution in [2.45, 2.75) is 93.4 Å². The van der Waals surface area contributed by atoms with Crippen LogP contribution in [0.15, 0.2) is 24.3 Å². The topological polar surface area (TPSA) is 0 Å². The molecule has 1 atom stereocenters. The zero-order valence-corrected chi connectivity index (χ0v) is 16.7. The first-order valence-electron chi connectivity index (χ1n) is 9.27. The van der Waals surface area contributed by atoms with E-state index in [1.54, 1.807) is 11.1 Å². The fourth-order valence-corrected chi connectivity index (χ4v) is 2.81. The number of aryl methyl sites for hydroxylation is 1. The van der Waals surface area contributed by atoms with Crippen LogP contribution in [0.5, 0.6) is 0 Å². The van der Waals surface area contributed by atoms with E-state index in [1.165, 1.54) is 25.7 Å². The summed E-state index contributed by atoms with van der Waals surface area (Å²) >= 11 is 0. The molecule has 0 heterocycles. The SMILES string of the molecule is CC.CCCc1ccccc1C(C)(C)CCC(C)C(C)(C)C. The molecule has 22 heavy (non-hydrogen) atoms. The van der Waals surface area contributed by atoms with Crippen LogP contribution in [0.1, 0.15) is 92.7 Å². The molecule has 0 aliphatic rings. The minimum atomic E-state index is 0.283. The Morgan fingerprint density at radius 2 is 1.50 bits per heavy atom. The van der Waals surface area contributed by atoms with E-state index in [4.69, 9.17) is 0 Å². The molecule has 0 radical (unpaired) electrons. The van der Waals surface area contributed by atoms with Gasteiger partial charge in [-0.3, -0.25) is 0 Å². The molecule has 0 fully saturated rings. The Morgan fingerprint density at radius 1 is 0.955 bits per heavy atom. The fourth-order valence-electron chi connectivity index (χ4n) is 2.81. The van der Waals surface area contributed by atoms with Gasteiger partial charge in [0.1, 0.15) is 0 Å². The number of benzene rings is 1. The van der Waals surface area contributed by atoms with E-state index < -0.39 is 0 Å². The molecule has 1 unspecified atom stereocenters. The fraction of sp³-hybridized carbons (Fsp3) is 0.727. The molecular weight excluding hydrogens is 264 g/mol. The number of rotatable bonds is 6. The van der Waals surface area contributed by atoms with Gasteiger partial charge in [-0.05, 0) is 47.1 Å². The summed E-state index contributed by atoms with van der Waals surface area (Å²) in [6.45, 7) is 20.6. The lowest BCUT2D eigenvalue weighted by molar-refractivity contribution is 0.227. The molecule has 0 aliphatic carbocycles. The minimum absolute atomic E-state index is 0.283. The number of hydrogen-bond donors (Lipinski definition) is 0. The smallest absolute Gasteiger partial charge is 0.0101 e. The highest BCUT2D eigenvalue weighted by Crippen LogP contribution is 2.36. The van der Waals surface area contributed by atoms with Crippen LogP contribution in [0.25, 0.3) is 0 Å². The highest BCUT2D eigenvalue weighted by Gasteiger charge is 2.26. The van der Waals surface area contributed by atoms with E-state index in [-0.39, 0.29) is 5.41 Å². The van der Waals surface area contributed by atoms with Crippen LogP contribution in [0.2, 0.25) is 0 Å². The van der Waals surface area contributed by atoms with Crippen LogP contribution in [-0.2, 0) is 11.8 Å². The normalized spacial score (nSPS) is 13.3. The summed E-state index contributed by atoms with van der Waals surface area (Å²) in [6.07, 6.45) is 5.00. The highest BCUT2D eigenvalue weighted by atomic mass is 14.3. The molecule has 0 heteroatoms. The second-order valence-electron chi connectivity index (χ2n) is 8.10. The lowest BCUT2D eigenvalue weighted by Gasteiger charge is -2.33. The second kappa shape index (κ2) is 9.38. The lowest BCUT2D eigenvalue weighted by Crippen LogP contribution is -2.24. The first kappa shape index (κ1) is 21.2. The first-order valence-corrected chi connectivity index (χ1v) is 9.27. The van der Waals surface area contributed by atoms with Crippen molar-refractivity contribution in [2.75, 3.05) is 0 Å². The Bertz CT molecular complexity index is 406. The van der Waals surface area contributed by atoms with Gasteiger partial charge in [0.25, 0.3) is 0 Å². The molecule has 0 spiro atoms. The Balaban J connectivity index is 0.00000211. The van der Waals surface area contributed by atoms with Crippen LogP contribution in [-0.4, -0.2) is 0 Å². The van der Waals surface area contributed by atoms with Crippen molar-refractivity contribution in [2.24, 2.45) is 11.3 Å². The maximum atomic E-state index is 2.41. The summed E-state index contributed by atoms with van der Waals surface area (Å²) < 4.78 is 0. The van der Waals surface area contributed by atoms with Gasteiger partial charge in [0, 0.05) is 0 Å². The van der Waals surface area contributed by atoms with Crippen LogP contribution in [0.4, 0.5) is 0 Å². The molecule has 0 aliphatic heterocycles. The summed E-state index contributed by atoms with van der Waals surface area (Å²) in [6, 6.07) is 9.03. The lowest BCUT2D eigenvalue weighted by atomic mass is 9.72. The van der Waals surface area contributed by atoms with Crippen LogP contribution in [0.3, 0.4) is 0 Å². The maximum Gasteiger partial charge on any atom is -0.0101 e. The van der Waals surface area contributed by atoms with E-state index in [9.17, 15) is 0 Å². The van der Waals surface area contributed by atoms with Gasteiger partial charge >= 0.3 is 0 Å². The molecule has 0 bridgehead atoms. The average Bonchev–Trinajstić information content (AvgIpc) is 2.47. The van der Waals surface area contributed by atoms with Crippen molar-refractivity contribution in [3.05, 3.63) is 35.4 Å². The Kier molecular flexibility index (Phi) is 9.05. The first-order chi connectivity index (χ1) is 10.2. The van der Waals surface area contributed by atoms with Crippen molar-refractivity contribution < 1.29 is 0 Å². The molecule has 0 aromatic heterocycles. The van der Waals surface area contributed by atoms with E-state index >= 15 is 0 Å². The van der Waals surface area contributed by atoms with Crippen LogP contribution in [0, 0.1) is 11.3 Å². The van der Waals surface area contributed by atoms with Crippen LogP contribution < -0.4 is 0 Å². The van der Waals surface area contributed by atoms with Crippen molar-refractivity contribution in [1.82, 2.24) is 0 Å². The highest BCUT2D eigenvalue weighted by molar-refractivity contribution is 5.33. The monoisotopic (exact) mass is 304 g/mol. The van der Waals surface area contributed by atoms with Crippen molar-refractivity contribution in [3.63, 3.8) is 0 Å². The third-order valence-corrected chi connectivity index (χ3v) is 4.95. The molecule has 0 saturated heterocycles. The van der Waals surface area contributed by atoms with E-state index in [1.807, 2.05) is 13.8 Å². The summed E-state index contributed by atoms with van der Waals surface area (Å²) in [5.41, 5.74) is 3.80. The maximum absolute atomic E-state index is 2.41. The zero-order chi connectivity index (χ0) is 17.4. The molecule has 0 amide bonds. The molecule has 1 aromatic carbocycles. The van der Waals surface area contributed by atoms with Crippen molar-refractivity contribution in [3.8, 4) is 0 Å². The van der Waals surface area contributed by atoms with Gasteiger partial charge in [-0.15, -0.1) is 0 Å². The van der Waals surface area contributed by atoms with E-state index in [2.05, 4.69) is 72.7 Å². The van der Waals surface area contributed by atoms with Crippen molar-refractivity contribution >= 4 is 0 Å². The predicted octanol–water partition coefficient (Wildman–Crippen LogP) is 7.41. The van der Waals surface area contributed by atoms with Gasteiger partial charge in [0.2, 0.25) is 0 Å². The summed E-state index contributed by atoms with van der Waals surface area (Å²) in [7, 11) is 0. The van der Waals surface area contributed by atoms with E-state index in [0.717, 1.165) is 5.92 Å². The Morgan fingerprint density at radius 3 is 2.00 bits per heavy atom. The predicted molar refractivity (Wildman–Crippen MR) is 103 cm³/mol. The largest absolute Gasteiger partial charge is 0.0683 e. The molecule has 128 valence electrons. The Hall–Kier alpha value is -0.780. The van der Waals surface area contributed by atoms with Crippen LogP contribution >= 0.6 is 0 Å². The van der Waals surface area contributed by atoms with Gasteiger partial charge in [-0.1, -0.05) is 93.0 Å². The summed E-state index contributed by atoms with van der Waals surface area (Å²) in [4.78, 5) is 0. The third kappa shape index (κ3) is 6.55. The molecule has 0 N–H and O–H groups in total. The van der Waals surface area contributed by atoms with E-state index in [0.29, 0.717) is 5.41 Å². The molecule has 0 saturated carbocycles. The van der Waals surface area contributed by atoms with Gasteiger partial charge in [-0.2, -0.15) is 0 Å². The zero-order valence-electron chi connectivity index (χ0n) is 16.7. The molecule has 1 aromatic rings. The third-order valence-electron chi connectivity index (χ3n) is 4.95. The van der Waals surface area contributed by atoms with Gasteiger partial charge < -0.3 is 0 Å². The van der Waals surface area contributed by atoms with Gasteiger partial charge in [0.05, 0.1) is 0 Å². The molecule has 1 rings (SSSR count). The summed E-state index contributed by atoms with van der Waals surface area (Å²) in [5.74, 6) is 0.764. The standard InChI is InChI=1S/C20H34.C2H6/c1-8-11-17-12-9-10-13-18(17)20(6,7)15-14-16(2)19(3,4)5;1-2/h9-10,12-13,16H,8,11,14-15H2,1-7H3;1-2H3. The van der Waals surface area contributed by atoms with Gasteiger partial charge in [-0.25, -0.2) is 0 Å². The molecular formula is C22H40. The Labute approximate surface area is 140 Å². The quantitative estimate of drug-likeness (QED) is 0.513. The number of hydrogen-bond acceptors (Lipinski definition) is 0. The average molecular weight is 305 g/mol. The van der Waals surface area contributed by atoms with Gasteiger partial charge in [0.15, 0.2) is 0 Å². The molecule has 0 nitrogen and oxygen atoms in total.